The van der Waals surface area contributed by atoms with E-state index in [-0.39, 0.29) is 12.3 Å². The number of methoxy groups -OCH3 is 2. The van der Waals surface area contributed by atoms with Gasteiger partial charge in [0.15, 0.2) is 11.5 Å². The minimum atomic E-state index is -0.839. The van der Waals surface area contributed by atoms with Gasteiger partial charge in [-0.25, -0.2) is 0 Å². The lowest BCUT2D eigenvalue weighted by Crippen LogP contribution is -2.12. The molecule has 0 unspecified atom stereocenters. The van der Waals surface area contributed by atoms with Crippen molar-refractivity contribution in [3.05, 3.63) is 53.6 Å². The minimum absolute atomic E-state index is 0.0662. The number of carboxylic acids is 1. The number of carbonyl (C=O) groups is 2. The first kappa shape index (κ1) is 19.3. The van der Waals surface area contributed by atoms with E-state index in [1.807, 2.05) is 24.3 Å². The number of carboxylic acid groups (broad SMARTS) is 1. The standard InChI is InChI=1S/C20H23NO5/c1-25-17-9-6-15(13-18(17)26-2)7-10-19(22)21-16-5-3-4-14(12-16)8-11-20(23)24/h3-6,9,12-13H,7-8,10-11H2,1-2H3,(H,21,22)(H,23,24). The molecule has 0 radical (unpaired) electrons. The van der Waals surface area contributed by atoms with E-state index in [0.717, 1.165) is 11.1 Å². The fraction of sp³-hybridized carbons (Fsp3) is 0.300. The van der Waals surface area contributed by atoms with Crippen molar-refractivity contribution < 1.29 is 24.2 Å². The molecule has 0 aromatic heterocycles. The average molecular weight is 357 g/mol. The predicted molar refractivity (Wildman–Crippen MR) is 98.9 cm³/mol. The Morgan fingerprint density at radius 2 is 1.62 bits per heavy atom. The van der Waals surface area contributed by atoms with Crippen molar-refractivity contribution in [1.82, 2.24) is 0 Å². The second-order valence-electron chi connectivity index (χ2n) is 5.83. The zero-order valence-electron chi connectivity index (χ0n) is 15.0. The van der Waals surface area contributed by atoms with Crippen LogP contribution in [0, 0.1) is 0 Å². The molecule has 0 bridgehead atoms. The highest BCUT2D eigenvalue weighted by Gasteiger charge is 2.08. The molecule has 2 aromatic carbocycles. The first-order valence-corrected chi connectivity index (χ1v) is 8.33. The molecule has 0 heterocycles. The van der Waals surface area contributed by atoms with Gasteiger partial charge >= 0.3 is 5.97 Å². The topological polar surface area (TPSA) is 84.9 Å². The summed E-state index contributed by atoms with van der Waals surface area (Å²) in [5.74, 6) is 0.347. The zero-order chi connectivity index (χ0) is 18.9. The van der Waals surface area contributed by atoms with Crippen molar-refractivity contribution in [3.8, 4) is 11.5 Å². The summed E-state index contributed by atoms with van der Waals surface area (Å²) >= 11 is 0. The highest BCUT2D eigenvalue weighted by molar-refractivity contribution is 5.90. The van der Waals surface area contributed by atoms with Crippen molar-refractivity contribution in [2.45, 2.75) is 25.7 Å². The zero-order valence-corrected chi connectivity index (χ0v) is 15.0. The molecule has 0 aliphatic rings. The largest absolute Gasteiger partial charge is 0.493 e. The molecule has 26 heavy (non-hydrogen) atoms. The lowest BCUT2D eigenvalue weighted by atomic mass is 10.1. The van der Waals surface area contributed by atoms with Gasteiger partial charge in [0.25, 0.3) is 0 Å². The molecule has 6 heteroatoms. The number of hydrogen-bond acceptors (Lipinski definition) is 4. The van der Waals surface area contributed by atoms with Crippen LogP contribution in [0.1, 0.15) is 24.0 Å². The number of amides is 1. The van der Waals surface area contributed by atoms with Crippen LogP contribution in [0.5, 0.6) is 11.5 Å². The van der Waals surface area contributed by atoms with E-state index in [4.69, 9.17) is 14.6 Å². The highest BCUT2D eigenvalue weighted by Crippen LogP contribution is 2.28. The van der Waals surface area contributed by atoms with E-state index in [0.29, 0.717) is 36.4 Å². The fourth-order valence-electron chi connectivity index (χ4n) is 2.57. The summed E-state index contributed by atoms with van der Waals surface area (Å²) in [6.07, 6.45) is 1.40. The quantitative estimate of drug-likeness (QED) is 0.719. The molecular weight excluding hydrogens is 334 g/mol. The van der Waals surface area contributed by atoms with Crippen LogP contribution in [0.25, 0.3) is 0 Å². The van der Waals surface area contributed by atoms with Crippen LogP contribution in [-0.4, -0.2) is 31.2 Å². The molecule has 0 aliphatic carbocycles. The predicted octanol–water partition coefficient (Wildman–Crippen LogP) is 3.29. The number of rotatable bonds is 9. The van der Waals surface area contributed by atoms with Gasteiger partial charge in [0.1, 0.15) is 0 Å². The maximum absolute atomic E-state index is 12.2. The smallest absolute Gasteiger partial charge is 0.303 e. The summed E-state index contributed by atoms with van der Waals surface area (Å²) in [5.41, 5.74) is 2.53. The molecule has 6 nitrogen and oxygen atoms in total. The Hall–Kier alpha value is -3.02. The van der Waals surface area contributed by atoms with Gasteiger partial charge < -0.3 is 19.9 Å². The van der Waals surface area contributed by atoms with Crippen molar-refractivity contribution in [2.24, 2.45) is 0 Å². The Morgan fingerprint density at radius 3 is 2.31 bits per heavy atom. The van der Waals surface area contributed by atoms with Gasteiger partial charge in [0.05, 0.1) is 14.2 Å². The molecule has 0 fully saturated rings. The molecule has 2 rings (SSSR count). The number of anilines is 1. The van der Waals surface area contributed by atoms with Crippen LogP contribution < -0.4 is 14.8 Å². The van der Waals surface area contributed by atoms with Crippen LogP contribution in [0.2, 0.25) is 0 Å². The molecule has 0 saturated carbocycles. The average Bonchev–Trinajstić information content (AvgIpc) is 2.64. The SMILES string of the molecule is COc1ccc(CCC(=O)Nc2cccc(CCC(=O)O)c2)cc1OC. The third-order valence-electron chi connectivity index (χ3n) is 3.93. The Kier molecular flexibility index (Phi) is 7.02. The van der Waals surface area contributed by atoms with Crippen molar-refractivity contribution in [3.63, 3.8) is 0 Å². The third kappa shape index (κ3) is 5.81. The number of aryl methyl sites for hydroxylation is 2. The van der Waals surface area contributed by atoms with Gasteiger partial charge in [-0.3, -0.25) is 9.59 Å². The van der Waals surface area contributed by atoms with E-state index >= 15 is 0 Å². The second kappa shape index (κ2) is 9.46. The van der Waals surface area contributed by atoms with Crippen LogP contribution >= 0.6 is 0 Å². The molecule has 138 valence electrons. The third-order valence-corrected chi connectivity index (χ3v) is 3.93. The molecular formula is C20H23NO5. The molecule has 0 atom stereocenters. The van der Waals surface area contributed by atoms with E-state index in [2.05, 4.69) is 5.32 Å². The number of ether oxygens (including phenoxy) is 2. The highest BCUT2D eigenvalue weighted by atomic mass is 16.5. The number of aliphatic carboxylic acids is 1. The summed E-state index contributed by atoms with van der Waals surface area (Å²) in [5, 5.41) is 11.6. The number of nitrogens with one attached hydrogen (secondary N) is 1. The van der Waals surface area contributed by atoms with Gasteiger partial charge in [-0.2, -0.15) is 0 Å². The van der Waals surface area contributed by atoms with Gasteiger partial charge in [-0.1, -0.05) is 18.2 Å². The molecule has 2 aromatic rings. The van der Waals surface area contributed by atoms with Crippen molar-refractivity contribution >= 4 is 17.6 Å². The second-order valence-corrected chi connectivity index (χ2v) is 5.83. The van der Waals surface area contributed by atoms with Crippen LogP contribution in [-0.2, 0) is 22.4 Å². The summed E-state index contributed by atoms with van der Waals surface area (Å²) in [7, 11) is 3.15. The summed E-state index contributed by atoms with van der Waals surface area (Å²) in [6, 6.07) is 12.8. The Bertz CT molecular complexity index is 773. The number of hydrogen-bond donors (Lipinski definition) is 2. The lowest BCUT2D eigenvalue weighted by molar-refractivity contribution is -0.137. The first-order valence-electron chi connectivity index (χ1n) is 8.33. The van der Waals surface area contributed by atoms with Gasteiger partial charge in [0, 0.05) is 18.5 Å². The van der Waals surface area contributed by atoms with Crippen molar-refractivity contribution in [2.75, 3.05) is 19.5 Å². The van der Waals surface area contributed by atoms with Gasteiger partial charge in [-0.15, -0.1) is 0 Å². The molecule has 2 N–H and O–H groups in total. The van der Waals surface area contributed by atoms with E-state index in [9.17, 15) is 9.59 Å². The van der Waals surface area contributed by atoms with Crippen LogP contribution in [0.15, 0.2) is 42.5 Å². The van der Waals surface area contributed by atoms with Gasteiger partial charge in [-0.05, 0) is 48.2 Å². The van der Waals surface area contributed by atoms with Crippen LogP contribution in [0.3, 0.4) is 0 Å². The van der Waals surface area contributed by atoms with Gasteiger partial charge in [0.2, 0.25) is 5.91 Å². The van der Waals surface area contributed by atoms with E-state index < -0.39 is 5.97 Å². The maximum Gasteiger partial charge on any atom is 0.303 e. The van der Waals surface area contributed by atoms with Crippen molar-refractivity contribution in [1.29, 1.82) is 0 Å². The minimum Gasteiger partial charge on any atom is -0.493 e. The summed E-state index contributed by atoms with van der Waals surface area (Å²) < 4.78 is 10.5. The monoisotopic (exact) mass is 357 g/mol. The molecule has 0 saturated heterocycles. The number of carbonyl (C=O) groups excluding carboxylic acids is 1. The Labute approximate surface area is 152 Å². The van der Waals surface area contributed by atoms with Crippen LogP contribution in [0.4, 0.5) is 5.69 Å². The molecule has 0 spiro atoms. The molecule has 0 aliphatic heterocycles. The lowest BCUT2D eigenvalue weighted by Gasteiger charge is -2.10. The molecule has 1 amide bonds. The Morgan fingerprint density at radius 1 is 0.923 bits per heavy atom. The number of benzene rings is 2. The summed E-state index contributed by atoms with van der Waals surface area (Å²) in [4.78, 5) is 22.8. The Balaban J connectivity index is 1.91. The fourth-order valence-corrected chi connectivity index (χ4v) is 2.57. The van der Waals surface area contributed by atoms with E-state index in [1.54, 1.807) is 32.4 Å². The first-order chi connectivity index (χ1) is 12.5. The normalized spacial score (nSPS) is 10.2. The van der Waals surface area contributed by atoms with E-state index in [1.165, 1.54) is 0 Å². The maximum atomic E-state index is 12.2. The summed E-state index contributed by atoms with van der Waals surface area (Å²) in [6.45, 7) is 0.